The van der Waals surface area contributed by atoms with Gasteiger partial charge in [0.1, 0.15) is 0 Å². The minimum absolute atomic E-state index is 0.129. The summed E-state index contributed by atoms with van der Waals surface area (Å²) in [6.45, 7) is 8.72. The lowest BCUT2D eigenvalue weighted by atomic mass is 9.99. The van der Waals surface area contributed by atoms with E-state index in [1.807, 2.05) is 0 Å². The van der Waals surface area contributed by atoms with Gasteiger partial charge in [-0.25, -0.2) is 0 Å². The van der Waals surface area contributed by atoms with E-state index >= 15 is 0 Å². The Hall–Kier alpha value is -0.790. The van der Waals surface area contributed by atoms with Gasteiger partial charge in [0.25, 0.3) is 0 Å². The summed E-state index contributed by atoms with van der Waals surface area (Å²) in [7, 11) is 1.44. The molecule has 0 N–H and O–H groups in total. The highest BCUT2D eigenvalue weighted by Gasteiger charge is 2.02. The van der Waals surface area contributed by atoms with Crippen LogP contribution in [-0.2, 0) is 9.53 Å². The molecule has 0 aliphatic carbocycles. The summed E-state index contributed by atoms with van der Waals surface area (Å²) >= 11 is 0. The number of methoxy groups -OCH3 is 1. The molecule has 0 aromatic heterocycles. The van der Waals surface area contributed by atoms with Crippen molar-refractivity contribution in [3.63, 3.8) is 0 Å². The van der Waals surface area contributed by atoms with Gasteiger partial charge in [0.05, 0.1) is 7.11 Å². The number of hydrogen-bond acceptors (Lipinski definition) is 2. The maximum absolute atomic E-state index is 11.1. The fourth-order valence-corrected chi connectivity index (χ4v) is 2.99. The van der Waals surface area contributed by atoms with Gasteiger partial charge in [-0.05, 0) is 25.2 Å². The van der Waals surface area contributed by atoms with E-state index < -0.39 is 0 Å². The quantitative estimate of drug-likeness (QED) is 0.159. The van der Waals surface area contributed by atoms with Crippen LogP contribution in [0.15, 0.2) is 12.2 Å². The van der Waals surface area contributed by atoms with E-state index in [1.54, 1.807) is 0 Å². The molecular formula is C22H42O2. The summed E-state index contributed by atoms with van der Waals surface area (Å²) in [5.74, 6) is 0.789. The van der Waals surface area contributed by atoms with Crippen LogP contribution in [0.25, 0.3) is 0 Å². The summed E-state index contributed by atoms with van der Waals surface area (Å²) in [6, 6.07) is 0. The Morgan fingerprint density at radius 1 is 0.833 bits per heavy atom. The molecular weight excluding hydrogens is 296 g/mol. The van der Waals surface area contributed by atoms with Crippen molar-refractivity contribution in [2.24, 2.45) is 5.92 Å². The zero-order chi connectivity index (χ0) is 18.0. The first-order chi connectivity index (χ1) is 11.6. The van der Waals surface area contributed by atoms with Gasteiger partial charge in [-0.15, -0.1) is 0 Å². The second-order valence-corrected chi connectivity index (χ2v) is 7.41. The number of esters is 1. The Balaban J connectivity index is 3.20. The molecule has 0 fully saturated rings. The highest BCUT2D eigenvalue weighted by atomic mass is 16.5. The van der Waals surface area contributed by atoms with Crippen molar-refractivity contribution in [1.29, 1.82) is 0 Å². The first-order valence-electron chi connectivity index (χ1n) is 10.3. The third-order valence-corrected chi connectivity index (χ3v) is 5.08. The molecule has 24 heavy (non-hydrogen) atoms. The number of carbonyl (C=O) groups excluding carboxylic acids is 1. The Kier molecular flexibility index (Phi) is 16.5. The van der Waals surface area contributed by atoms with Gasteiger partial charge < -0.3 is 4.74 Å². The number of ether oxygens (including phenoxy) is 1. The Labute approximate surface area is 151 Å². The molecule has 0 bridgehead atoms. The van der Waals surface area contributed by atoms with E-state index in [0.29, 0.717) is 6.42 Å². The maximum Gasteiger partial charge on any atom is 0.305 e. The number of hydrogen-bond donors (Lipinski definition) is 0. The lowest BCUT2D eigenvalue weighted by Gasteiger charge is -2.07. The lowest BCUT2D eigenvalue weighted by Crippen LogP contribution is -2.00. The Morgan fingerprint density at radius 3 is 1.83 bits per heavy atom. The minimum atomic E-state index is -0.129. The molecule has 1 atom stereocenters. The van der Waals surface area contributed by atoms with Crippen molar-refractivity contribution < 1.29 is 9.53 Å². The molecule has 2 nitrogen and oxygen atoms in total. The summed E-state index contributed by atoms with van der Waals surface area (Å²) in [4.78, 5) is 11.1. The number of carbonyl (C=O) groups is 1. The van der Waals surface area contributed by atoms with Crippen LogP contribution in [0.2, 0.25) is 0 Å². The van der Waals surface area contributed by atoms with Crippen molar-refractivity contribution in [3.05, 3.63) is 12.2 Å². The smallest absolute Gasteiger partial charge is 0.305 e. The van der Waals surface area contributed by atoms with Gasteiger partial charge in [0.2, 0.25) is 0 Å². The molecule has 0 saturated heterocycles. The topological polar surface area (TPSA) is 26.3 Å². The van der Waals surface area contributed by atoms with Gasteiger partial charge >= 0.3 is 5.97 Å². The van der Waals surface area contributed by atoms with E-state index in [0.717, 1.165) is 18.8 Å². The zero-order valence-electron chi connectivity index (χ0n) is 16.7. The summed E-state index contributed by atoms with van der Waals surface area (Å²) < 4.78 is 4.65. The van der Waals surface area contributed by atoms with Gasteiger partial charge in [-0.2, -0.15) is 0 Å². The zero-order valence-corrected chi connectivity index (χ0v) is 16.7. The van der Waals surface area contributed by atoms with Crippen molar-refractivity contribution in [1.82, 2.24) is 0 Å². The molecule has 0 aromatic rings. The lowest BCUT2D eigenvalue weighted by molar-refractivity contribution is -0.140. The van der Waals surface area contributed by atoms with Crippen LogP contribution in [0.3, 0.4) is 0 Å². The predicted molar refractivity (Wildman–Crippen MR) is 105 cm³/mol. The normalized spacial score (nSPS) is 12.1. The summed E-state index contributed by atoms with van der Waals surface area (Å²) in [6.07, 6.45) is 18.8. The minimum Gasteiger partial charge on any atom is -0.469 e. The van der Waals surface area contributed by atoms with Gasteiger partial charge in [0, 0.05) is 6.42 Å². The standard InChI is InChI=1S/C22H42O2/c1-5-20(2)16-14-12-10-8-6-7-9-11-13-15-17-21(3)18-19-22(23)24-4/h20H,3,5-19H2,1-2,4H3. The van der Waals surface area contributed by atoms with Crippen LogP contribution in [0.5, 0.6) is 0 Å². The van der Waals surface area contributed by atoms with E-state index in [2.05, 4.69) is 25.2 Å². The fourth-order valence-electron chi connectivity index (χ4n) is 2.99. The molecule has 0 aliphatic heterocycles. The van der Waals surface area contributed by atoms with Gasteiger partial charge in [0.15, 0.2) is 0 Å². The Morgan fingerprint density at radius 2 is 1.33 bits per heavy atom. The van der Waals surface area contributed by atoms with E-state index in [1.165, 1.54) is 89.7 Å². The van der Waals surface area contributed by atoms with Crippen LogP contribution in [0, 0.1) is 5.92 Å². The molecule has 0 spiro atoms. The highest BCUT2D eigenvalue weighted by molar-refractivity contribution is 5.69. The largest absolute Gasteiger partial charge is 0.469 e. The third kappa shape index (κ3) is 16.1. The second-order valence-electron chi connectivity index (χ2n) is 7.41. The molecule has 0 rings (SSSR count). The van der Waals surface area contributed by atoms with Crippen LogP contribution in [0.4, 0.5) is 0 Å². The van der Waals surface area contributed by atoms with Crippen LogP contribution >= 0.6 is 0 Å². The summed E-state index contributed by atoms with van der Waals surface area (Å²) in [5, 5.41) is 0. The first-order valence-corrected chi connectivity index (χ1v) is 10.3. The SMILES string of the molecule is C=C(CCCCCCCCCCCCC(C)CC)CCC(=O)OC. The fraction of sp³-hybridized carbons (Fsp3) is 0.864. The monoisotopic (exact) mass is 338 g/mol. The second kappa shape index (κ2) is 17.0. The maximum atomic E-state index is 11.1. The molecule has 2 heteroatoms. The predicted octanol–water partition coefficient (Wildman–Crippen LogP) is 7.22. The highest BCUT2D eigenvalue weighted by Crippen LogP contribution is 2.17. The molecule has 0 aromatic carbocycles. The van der Waals surface area contributed by atoms with Gasteiger partial charge in [-0.3, -0.25) is 4.79 Å². The van der Waals surface area contributed by atoms with Gasteiger partial charge in [-0.1, -0.05) is 96.6 Å². The molecule has 142 valence electrons. The third-order valence-electron chi connectivity index (χ3n) is 5.08. The molecule has 1 unspecified atom stereocenters. The number of allylic oxidation sites excluding steroid dienone is 1. The van der Waals surface area contributed by atoms with Crippen LogP contribution < -0.4 is 0 Å². The van der Waals surface area contributed by atoms with Crippen LogP contribution in [-0.4, -0.2) is 13.1 Å². The number of unbranched alkanes of at least 4 members (excludes halogenated alkanes) is 9. The van der Waals surface area contributed by atoms with E-state index in [4.69, 9.17) is 0 Å². The van der Waals surface area contributed by atoms with Crippen molar-refractivity contribution >= 4 is 5.97 Å². The number of rotatable bonds is 17. The molecule has 0 saturated carbocycles. The Bertz CT molecular complexity index is 309. The average molecular weight is 339 g/mol. The molecule has 0 amide bonds. The van der Waals surface area contributed by atoms with Crippen molar-refractivity contribution in [2.45, 2.75) is 110 Å². The first kappa shape index (κ1) is 23.2. The van der Waals surface area contributed by atoms with Crippen LogP contribution in [0.1, 0.15) is 110 Å². The van der Waals surface area contributed by atoms with Crippen molar-refractivity contribution in [3.8, 4) is 0 Å². The van der Waals surface area contributed by atoms with E-state index in [9.17, 15) is 4.79 Å². The van der Waals surface area contributed by atoms with E-state index in [-0.39, 0.29) is 5.97 Å². The molecule has 0 heterocycles. The average Bonchev–Trinajstić information content (AvgIpc) is 2.60. The molecule has 0 aliphatic rings. The summed E-state index contributed by atoms with van der Waals surface area (Å²) in [5.41, 5.74) is 1.19. The van der Waals surface area contributed by atoms with Crippen molar-refractivity contribution in [2.75, 3.05) is 7.11 Å². The molecule has 0 radical (unpaired) electrons.